The van der Waals surface area contributed by atoms with Crippen LogP contribution in [-0.4, -0.2) is 29.9 Å². The summed E-state index contributed by atoms with van der Waals surface area (Å²) in [6, 6.07) is 33.8. The van der Waals surface area contributed by atoms with E-state index in [0.29, 0.717) is 0 Å². The molecule has 0 aliphatic carbocycles. The molecule has 6 aromatic rings. The molecule has 0 atom stereocenters. The fraction of sp³-hybridized carbons (Fsp3) is 0.0323. The van der Waals surface area contributed by atoms with Gasteiger partial charge in [0.25, 0.3) is 0 Å². The number of hydrogen-bond donors (Lipinski definition) is 0. The predicted molar refractivity (Wildman–Crippen MR) is 146 cm³/mol. The van der Waals surface area contributed by atoms with E-state index in [-0.39, 0.29) is 19.5 Å². The van der Waals surface area contributed by atoms with Crippen LogP contribution in [0.3, 0.4) is 0 Å². The Morgan fingerprint density at radius 1 is 0.447 bits per heavy atom. The van der Waals surface area contributed by atoms with Crippen molar-refractivity contribution in [3.63, 3.8) is 0 Å². The van der Waals surface area contributed by atoms with E-state index in [0.717, 1.165) is 34.2 Å². The summed E-state index contributed by atoms with van der Waals surface area (Å²) in [6.45, 7) is 2.04. The van der Waals surface area contributed by atoms with Gasteiger partial charge in [0, 0.05) is 36.7 Å². The molecule has 0 N–H and O–H groups in total. The summed E-state index contributed by atoms with van der Waals surface area (Å²) in [4.78, 5) is 25.2. The first kappa shape index (κ1) is 28.1. The molecule has 0 aliphatic rings. The summed E-state index contributed by atoms with van der Waals surface area (Å²) < 4.78 is 0. The van der Waals surface area contributed by atoms with Gasteiger partial charge in [0.15, 0.2) is 0 Å². The molecular formula is C31H25N6Ru+. The molecule has 0 bridgehead atoms. The van der Waals surface area contributed by atoms with Crippen LogP contribution in [0.4, 0.5) is 0 Å². The van der Waals surface area contributed by atoms with Crippen molar-refractivity contribution in [1.82, 2.24) is 29.9 Å². The average Bonchev–Trinajstić information content (AvgIpc) is 3.00. The Morgan fingerprint density at radius 2 is 0.868 bits per heavy atom. The van der Waals surface area contributed by atoms with Gasteiger partial charge in [-0.25, -0.2) is 0 Å². The fourth-order valence-corrected chi connectivity index (χ4v) is 3.20. The monoisotopic (exact) mass is 583 g/mol. The van der Waals surface area contributed by atoms with Crippen LogP contribution >= 0.6 is 0 Å². The summed E-state index contributed by atoms with van der Waals surface area (Å²) in [5.41, 5.74) is 6.62. The SMILES string of the molecule is Cc1ccnc(-c2c[c-]ccn2)c1.[Ru+2].c1ccc(-c2ccccn2)nc1.c1ccc(-c2ccccn2)nc1. The largest absolute Gasteiger partial charge is 2.00 e. The number of hydrogen-bond acceptors (Lipinski definition) is 6. The minimum atomic E-state index is 0. The van der Waals surface area contributed by atoms with E-state index in [4.69, 9.17) is 0 Å². The van der Waals surface area contributed by atoms with Gasteiger partial charge in [0.1, 0.15) is 0 Å². The van der Waals surface area contributed by atoms with Gasteiger partial charge in [0.05, 0.1) is 22.8 Å². The maximum Gasteiger partial charge on any atom is 2.00 e. The molecule has 0 aliphatic heterocycles. The Labute approximate surface area is 235 Å². The first-order chi connectivity index (χ1) is 18.3. The molecule has 0 saturated heterocycles. The number of aryl methyl sites for hydroxylation is 1. The van der Waals surface area contributed by atoms with Crippen LogP contribution in [0.25, 0.3) is 34.2 Å². The van der Waals surface area contributed by atoms with Crippen molar-refractivity contribution >= 4 is 0 Å². The summed E-state index contributed by atoms with van der Waals surface area (Å²) in [5, 5.41) is 0. The minimum absolute atomic E-state index is 0. The zero-order chi connectivity index (χ0) is 25.5. The molecular weight excluding hydrogens is 557 g/mol. The topological polar surface area (TPSA) is 77.3 Å². The van der Waals surface area contributed by atoms with Crippen molar-refractivity contribution in [1.29, 1.82) is 0 Å². The van der Waals surface area contributed by atoms with Crippen molar-refractivity contribution < 1.29 is 19.5 Å². The van der Waals surface area contributed by atoms with Crippen molar-refractivity contribution in [2.45, 2.75) is 6.92 Å². The van der Waals surface area contributed by atoms with Gasteiger partial charge < -0.3 is 4.98 Å². The average molecular weight is 583 g/mol. The minimum Gasteiger partial charge on any atom is -0.381 e. The number of rotatable bonds is 3. The predicted octanol–water partition coefficient (Wildman–Crippen LogP) is 6.54. The van der Waals surface area contributed by atoms with E-state index in [1.165, 1.54) is 5.56 Å². The van der Waals surface area contributed by atoms with E-state index < -0.39 is 0 Å². The Hall–Kier alpha value is -4.48. The summed E-state index contributed by atoms with van der Waals surface area (Å²) in [7, 11) is 0. The van der Waals surface area contributed by atoms with Gasteiger partial charge in [-0.1, -0.05) is 30.5 Å². The third kappa shape index (κ3) is 8.88. The van der Waals surface area contributed by atoms with Crippen LogP contribution < -0.4 is 0 Å². The molecule has 6 aromatic heterocycles. The van der Waals surface area contributed by atoms with Crippen LogP contribution in [0.2, 0.25) is 0 Å². The fourth-order valence-electron chi connectivity index (χ4n) is 3.20. The number of pyridine rings is 6. The molecule has 0 amide bonds. The number of aromatic nitrogens is 6. The summed E-state index contributed by atoms with van der Waals surface area (Å²) >= 11 is 0. The third-order valence-electron chi connectivity index (χ3n) is 4.97. The van der Waals surface area contributed by atoms with E-state index in [1.807, 2.05) is 97.9 Å². The number of nitrogens with zero attached hydrogens (tertiary/aromatic N) is 6. The molecule has 7 heteroatoms. The third-order valence-corrected chi connectivity index (χ3v) is 4.97. The van der Waals surface area contributed by atoms with Crippen LogP contribution in [0.1, 0.15) is 5.56 Å². The van der Waals surface area contributed by atoms with Gasteiger partial charge in [-0.3, -0.25) is 24.9 Å². The van der Waals surface area contributed by atoms with Crippen molar-refractivity contribution in [2.24, 2.45) is 0 Å². The summed E-state index contributed by atoms with van der Waals surface area (Å²) in [6.07, 6.45) is 10.6. The molecule has 186 valence electrons. The molecule has 6 rings (SSSR count). The van der Waals surface area contributed by atoms with Gasteiger partial charge in [-0.2, -0.15) is 18.2 Å². The van der Waals surface area contributed by atoms with Gasteiger partial charge in [-0.15, -0.1) is 0 Å². The van der Waals surface area contributed by atoms with Crippen molar-refractivity contribution in [3.05, 3.63) is 146 Å². The standard InChI is InChI=1S/C11H9N2.2C10H8N2.Ru/c1-9-5-7-13-11(8-9)10-4-2-3-6-12-10;2*1-3-7-11-9(5-1)10-6-2-4-8-12-10;/h3-8H,1H3;2*1-8H;/q-1;;;+2. The molecule has 0 saturated carbocycles. The van der Waals surface area contributed by atoms with E-state index in [9.17, 15) is 0 Å². The zero-order valence-corrected chi connectivity index (χ0v) is 22.5. The Morgan fingerprint density at radius 3 is 1.21 bits per heavy atom. The van der Waals surface area contributed by atoms with Crippen LogP contribution in [0.5, 0.6) is 0 Å². The molecule has 0 unspecified atom stereocenters. The maximum absolute atomic E-state index is 4.23. The van der Waals surface area contributed by atoms with Gasteiger partial charge in [-0.05, 0) is 78.8 Å². The molecule has 6 nitrogen and oxygen atoms in total. The second kappa shape index (κ2) is 15.6. The molecule has 0 radical (unpaired) electrons. The maximum atomic E-state index is 4.23. The Kier molecular flexibility index (Phi) is 11.5. The smallest absolute Gasteiger partial charge is 0.381 e. The van der Waals surface area contributed by atoms with Crippen molar-refractivity contribution in [3.8, 4) is 34.2 Å². The van der Waals surface area contributed by atoms with E-state index >= 15 is 0 Å². The second-order valence-electron chi connectivity index (χ2n) is 7.72. The molecule has 0 aromatic carbocycles. The summed E-state index contributed by atoms with van der Waals surface area (Å²) in [5.74, 6) is 0. The second-order valence-corrected chi connectivity index (χ2v) is 7.72. The molecule has 6 heterocycles. The quantitative estimate of drug-likeness (QED) is 0.174. The van der Waals surface area contributed by atoms with E-state index in [1.54, 1.807) is 43.2 Å². The Balaban J connectivity index is 0.000000156. The Bertz CT molecular complexity index is 1300. The van der Waals surface area contributed by atoms with Gasteiger partial charge in [0.2, 0.25) is 0 Å². The molecule has 0 spiro atoms. The molecule has 0 fully saturated rings. The first-order valence-electron chi connectivity index (χ1n) is 11.7. The van der Waals surface area contributed by atoms with Gasteiger partial charge >= 0.3 is 19.5 Å². The van der Waals surface area contributed by atoms with E-state index in [2.05, 4.69) is 36.0 Å². The molecule has 38 heavy (non-hydrogen) atoms. The zero-order valence-electron chi connectivity index (χ0n) is 20.7. The normalized spacial score (nSPS) is 9.50. The van der Waals surface area contributed by atoms with Crippen molar-refractivity contribution in [2.75, 3.05) is 0 Å². The van der Waals surface area contributed by atoms with Crippen LogP contribution in [0, 0.1) is 13.0 Å². The van der Waals surface area contributed by atoms with Crippen LogP contribution in [0.15, 0.2) is 134 Å². The first-order valence-corrected chi connectivity index (χ1v) is 11.7. The van der Waals surface area contributed by atoms with Crippen LogP contribution in [-0.2, 0) is 19.5 Å².